The molecule has 1 saturated carbocycles. The number of hydrogen-bond donors (Lipinski definition) is 1. The highest BCUT2D eigenvalue weighted by Gasteiger charge is 2.28. The van der Waals surface area contributed by atoms with Crippen LogP contribution in [0.5, 0.6) is 0 Å². The number of aromatic nitrogens is 3. The molecule has 100 valence electrons. The molecule has 2 N–H and O–H groups in total. The summed E-state index contributed by atoms with van der Waals surface area (Å²) in [5, 5.41) is 8.12. The lowest BCUT2D eigenvalue weighted by molar-refractivity contribution is 0.177. The van der Waals surface area contributed by atoms with E-state index in [2.05, 4.69) is 19.7 Å². The van der Waals surface area contributed by atoms with Crippen LogP contribution >= 0.6 is 0 Å². The monoisotopic (exact) mass is 249 g/mol. The van der Waals surface area contributed by atoms with Gasteiger partial charge in [-0.2, -0.15) is 0 Å². The molecule has 2 aliphatic rings. The van der Waals surface area contributed by atoms with Gasteiger partial charge in [0.05, 0.1) is 6.54 Å². The van der Waals surface area contributed by atoms with Gasteiger partial charge in [-0.15, -0.1) is 10.2 Å². The Balaban J connectivity index is 1.52. The summed E-state index contributed by atoms with van der Waals surface area (Å²) in [6.45, 7) is 4.14. The summed E-state index contributed by atoms with van der Waals surface area (Å²) in [6, 6.07) is 0. The van der Waals surface area contributed by atoms with Crippen LogP contribution in [0.25, 0.3) is 0 Å². The van der Waals surface area contributed by atoms with Crippen molar-refractivity contribution in [3.63, 3.8) is 0 Å². The molecule has 18 heavy (non-hydrogen) atoms. The largest absolute Gasteiger partial charge is 0.325 e. The molecule has 5 nitrogen and oxygen atoms in total. The third-order valence-corrected chi connectivity index (χ3v) is 4.49. The zero-order chi connectivity index (χ0) is 12.4. The maximum absolute atomic E-state index is 6.49. The van der Waals surface area contributed by atoms with Gasteiger partial charge in [0.2, 0.25) is 0 Å². The van der Waals surface area contributed by atoms with E-state index < -0.39 is 0 Å². The number of hydrogen-bond acceptors (Lipinski definition) is 4. The Bertz CT molecular complexity index is 394. The van der Waals surface area contributed by atoms with E-state index in [1.807, 2.05) is 6.33 Å². The molecule has 0 saturated heterocycles. The van der Waals surface area contributed by atoms with Crippen LogP contribution in [0, 0.1) is 0 Å². The normalized spacial score (nSPS) is 23.8. The molecule has 1 aliphatic carbocycles. The fourth-order valence-corrected chi connectivity index (χ4v) is 3.19. The molecule has 2 heterocycles. The van der Waals surface area contributed by atoms with Crippen molar-refractivity contribution in [1.82, 2.24) is 19.7 Å². The lowest BCUT2D eigenvalue weighted by Crippen LogP contribution is -2.45. The second-order valence-electron chi connectivity index (χ2n) is 5.89. The summed E-state index contributed by atoms with van der Waals surface area (Å²) in [4.78, 5) is 2.47. The molecule has 5 heteroatoms. The zero-order valence-corrected chi connectivity index (χ0v) is 11.0. The van der Waals surface area contributed by atoms with Crippen LogP contribution in [0.4, 0.5) is 0 Å². The molecule has 0 radical (unpaired) electrons. The van der Waals surface area contributed by atoms with E-state index in [-0.39, 0.29) is 5.54 Å². The first kappa shape index (κ1) is 12.1. The molecule has 1 aromatic rings. The minimum Gasteiger partial charge on any atom is -0.325 e. The quantitative estimate of drug-likeness (QED) is 0.873. The van der Waals surface area contributed by atoms with E-state index in [1.54, 1.807) is 0 Å². The summed E-state index contributed by atoms with van der Waals surface area (Å²) in [5.41, 5.74) is 6.59. The van der Waals surface area contributed by atoms with E-state index in [0.29, 0.717) is 0 Å². The summed E-state index contributed by atoms with van der Waals surface area (Å²) in [7, 11) is 0. The second-order valence-corrected chi connectivity index (χ2v) is 5.89. The lowest BCUT2D eigenvalue weighted by atomic mass is 9.80. The topological polar surface area (TPSA) is 60.0 Å². The van der Waals surface area contributed by atoms with Crippen molar-refractivity contribution in [2.45, 2.75) is 57.2 Å². The first-order valence-corrected chi connectivity index (χ1v) is 7.13. The fourth-order valence-electron chi connectivity index (χ4n) is 3.19. The SMILES string of the molecule is NC1(CCN2CCn3cnnc3C2)CCCCC1. The minimum absolute atomic E-state index is 0.101. The Morgan fingerprint density at radius 2 is 2.06 bits per heavy atom. The standard InChI is InChI=1S/C13H23N5/c14-13(4-2-1-3-5-13)6-7-17-8-9-18-11-15-16-12(18)10-17/h11H,1-10,14H2. The van der Waals surface area contributed by atoms with Gasteiger partial charge in [0, 0.05) is 25.2 Å². The lowest BCUT2D eigenvalue weighted by Gasteiger charge is -2.36. The van der Waals surface area contributed by atoms with Crippen LogP contribution < -0.4 is 5.73 Å². The van der Waals surface area contributed by atoms with E-state index >= 15 is 0 Å². The van der Waals surface area contributed by atoms with Crippen LogP contribution in [0.3, 0.4) is 0 Å². The van der Waals surface area contributed by atoms with Crippen molar-refractivity contribution in [3.05, 3.63) is 12.2 Å². The van der Waals surface area contributed by atoms with Crippen molar-refractivity contribution >= 4 is 0 Å². The van der Waals surface area contributed by atoms with Gasteiger partial charge in [0.1, 0.15) is 12.2 Å². The third-order valence-electron chi connectivity index (χ3n) is 4.49. The fraction of sp³-hybridized carbons (Fsp3) is 0.846. The van der Waals surface area contributed by atoms with Crippen molar-refractivity contribution in [2.24, 2.45) is 5.73 Å². The minimum atomic E-state index is 0.101. The predicted octanol–water partition coefficient (Wildman–Crippen LogP) is 1.15. The summed E-state index contributed by atoms with van der Waals surface area (Å²) >= 11 is 0. The van der Waals surface area contributed by atoms with Gasteiger partial charge in [0.25, 0.3) is 0 Å². The van der Waals surface area contributed by atoms with Gasteiger partial charge in [-0.25, -0.2) is 0 Å². The smallest absolute Gasteiger partial charge is 0.147 e. The first-order chi connectivity index (χ1) is 8.75. The van der Waals surface area contributed by atoms with E-state index in [1.165, 1.54) is 32.1 Å². The van der Waals surface area contributed by atoms with Crippen molar-refractivity contribution in [3.8, 4) is 0 Å². The number of nitrogens with two attached hydrogens (primary N) is 1. The molecule has 1 fully saturated rings. The van der Waals surface area contributed by atoms with E-state index in [9.17, 15) is 0 Å². The Morgan fingerprint density at radius 3 is 2.89 bits per heavy atom. The summed E-state index contributed by atoms with van der Waals surface area (Å²) in [6.07, 6.45) is 9.36. The molecule has 0 bridgehead atoms. The van der Waals surface area contributed by atoms with Gasteiger partial charge < -0.3 is 10.3 Å². The zero-order valence-electron chi connectivity index (χ0n) is 11.0. The molecule has 0 amide bonds. The first-order valence-electron chi connectivity index (χ1n) is 7.13. The van der Waals surface area contributed by atoms with Crippen molar-refractivity contribution < 1.29 is 0 Å². The average Bonchev–Trinajstić information content (AvgIpc) is 2.85. The molecular formula is C13H23N5. The molecule has 0 spiro atoms. The Kier molecular flexibility index (Phi) is 3.35. The van der Waals surface area contributed by atoms with Crippen molar-refractivity contribution in [2.75, 3.05) is 13.1 Å². The Hall–Kier alpha value is -0.940. The predicted molar refractivity (Wildman–Crippen MR) is 69.9 cm³/mol. The Labute approximate surface area is 108 Å². The summed E-state index contributed by atoms with van der Waals surface area (Å²) in [5.74, 6) is 1.09. The molecule has 1 aromatic heterocycles. The second kappa shape index (κ2) is 4.97. The van der Waals surface area contributed by atoms with Crippen LogP contribution in [0.1, 0.15) is 44.3 Å². The van der Waals surface area contributed by atoms with Gasteiger partial charge in [-0.3, -0.25) is 4.90 Å². The number of rotatable bonds is 3. The van der Waals surface area contributed by atoms with Crippen LogP contribution in [-0.4, -0.2) is 38.3 Å². The number of fused-ring (bicyclic) bond motifs is 1. The highest BCUT2D eigenvalue weighted by molar-refractivity contribution is 4.92. The number of nitrogens with zero attached hydrogens (tertiary/aromatic N) is 4. The van der Waals surface area contributed by atoms with Crippen LogP contribution in [0.15, 0.2) is 6.33 Å². The van der Waals surface area contributed by atoms with Crippen LogP contribution in [0.2, 0.25) is 0 Å². The summed E-state index contributed by atoms with van der Waals surface area (Å²) < 4.78 is 2.15. The third kappa shape index (κ3) is 2.57. The molecule has 0 atom stereocenters. The van der Waals surface area contributed by atoms with Gasteiger partial charge in [0.15, 0.2) is 0 Å². The van der Waals surface area contributed by atoms with Gasteiger partial charge in [-0.1, -0.05) is 19.3 Å². The van der Waals surface area contributed by atoms with Crippen molar-refractivity contribution in [1.29, 1.82) is 0 Å². The Morgan fingerprint density at radius 1 is 1.22 bits per heavy atom. The highest BCUT2D eigenvalue weighted by atomic mass is 15.3. The van der Waals surface area contributed by atoms with Gasteiger partial charge in [-0.05, 0) is 19.3 Å². The maximum Gasteiger partial charge on any atom is 0.147 e. The average molecular weight is 249 g/mol. The molecule has 1 aliphatic heterocycles. The maximum atomic E-state index is 6.49. The molecule has 0 unspecified atom stereocenters. The van der Waals surface area contributed by atoms with Crippen LogP contribution in [-0.2, 0) is 13.1 Å². The van der Waals surface area contributed by atoms with E-state index in [4.69, 9.17) is 5.73 Å². The molecule has 3 rings (SSSR count). The van der Waals surface area contributed by atoms with Gasteiger partial charge >= 0.3 is 0 Å². The van der Waals surface area contributed by atoms with E-state index in [0.717, 1.165) is 38.4 Å². The molecular weight excluding hydrogens is 226 g/mol. The highest BCUT2D eigenvalue weighted by Crippen LogP contribution is 2.29. The molecule has 0 aromatic carbocycles.